The second kappa shape index (κ2) is 7.73. The van der Waals surface area contributed by atoms with Crippen molar-refractivity contribution >= 4 is 39.7 Å². The average molecular weight is 453 g/mol. The number of rotatable bonds is 4. The fourth-order valence-corrected chi connectivity index (χ4v) is 4.98. The first-order chi connectivity index (χ1) is 16.5. The first-order valence-electron chi connectivity index (χ1n) is 11.5. The molecule has 0 radical (unpaired) electrons. The third kappa shape index (κ3) is 3.15. The quantitative estimate of drug-likeness (QED) is 0.359. The van der Waals surface area contributed by atoms with Gasteiger partial charge >= 0.3 is 5.97 Å². The molecule has 1 aliphatic heterocycles. The second-order valence-corrected chi connectivity index (χ2v) is 9.11. The molecule has 1 aliphatic carbocycles. The molecule has 0 amide bonds. The number of nitrogens with zero attached hydrogens (tertiary/aromatic N) is 2. The molecule has 1 fully saturated rings. The molecule has 7 heteroatoms. The number of ketones is 1. The van der Waals surface area contributed by atoms with Crippen molar-refractivity contribution in [2.75, 3.05) is 23.3 Å². The molecule has 2 aliphatic rings. The fraction of sp³-hybridized carbons (Fsp3) is 0.222. The highest BCUT2D eigenvalue weighted by atomic mass is 16.5. The number of hydrogen-bond donors (Lipinski definition) is 2. The van der Waals surface area contributed by atoms with Crippen LogP contribution in [0.15, 0.2) is 59.1 Å². The lowest BCUT2D eigenvalue weighted by Crippen LogP contribution is -2.33. The summed E-state index contributed by atoms with van der Waals surface area (Å²) >= 11 is 0. The number of piperidine rings is 1. The maximum atomic E-state index is 13.7. The van der Waals surface area contributed by atoms with Crippen molar-refractivity contribution in [3.05, 3.63) is 71.3 Å². The summed E-state index contributed by atoms with van der Waals surface area (Å²) in [7, 11) is 0. The molecule has 0 bridgehead atoms. The maximum Gasteiger partial charge on any atom is 0.335 e. The van der Waals surface area contributed by atoms with E-state index in [-0.39, 0.29) is 11.3 Å². The summed E-state index contributed by atoms with van der Waals surface area (Å²) in [5.41, 5.74) is 5.07. The van der Waals surface area contributed by atoms with E-state index >= 15 is 0 Å². The Kier molecular flexibility index (Phi) is 4.65. The molecule has 0 unspecified atom stereocenters. The Bertz CT molecular complexity index is 1450. The van der Waals surface area contributed by atoms with Crippen LogP contribution in [-0.4, -0.2) is 35.1 Å². The van der Waals surface area contributed by atoms with E-state index < -0.39 is 5.97 Å². The van der Waals surface area contributed by atoms with Gasteiger partial charge in [-0.25, -0.2) is 4.79 Å². The highest BCUT2D eigenvalue weighted by Gasteiger charge is 2.34. The number of aromatic carboxylic acids is 1. The van der Waals surface area contributed by atoms with Crippen molar-refractivity contribution in [2.45, 2.75) is 19.8 Å². The van der Waals surface area contributed by atoms with Crippen molar-refractivity contribution < 1.29 is 19.2 Å². The van der Waals surface area contributed by atoms with Crippen LogP contribution >= 0.6 is 0 Å². The Morgan fingerprint density at radius 1 is 1.09 bits per heavy atom. The topological polar surface area (TPSA) is 95.7 Å². The summed E-state index contributed by atoms with van der Waals surface area (Å²) in [4.78, 5) is 27.2. The molecule has 6 rings (SSSR count). The number of anilines is 3. The molecule has 2 N–H and O–H groups in total. The molecular weight excluding hydrogens is 430 g/mol. The molecule has 7 nitrogen and oxygen atoms in total. The van der Waals surface area contributed by atoms with Crippen molar-refractivity contribution in [3.8, 4) is 11.3 Å². The normalized spacial score (nSPS) is 15.4. The van der Waals surface area contributed by atoms with Crippen LogP contribution < -0.4 is 10.2 Å². The Morgan fingerprint density at radius 3 is 2.50 bits per heavy atom. The standard InChI is InChI=1S/C27H23N3O4/c1-15-10-12-30(13-11-15)21-14-20(28-17-8-6-16(7-9-17)27(32)33)22-23-24(21)29-34-26(23)19-5-3-2-4-18(19)25(22)31/h2-9,14-15,28H,10-13H2,1H3,(H,32,33). The van der Waals surface area contributed by atoms with Gasteiger partial charge in [-0.2, -0.15) is 0 Å². The van der Waals surface area contributed by atoms with Gasteiger partial charge in [-0.1, -0.05) is 36.3 Å². The van der Waals surface area contributed by atoms with Crippen molar-refractivity contribution in [1.82, 2.24) is 5.16 Å². The van der Waals surface area contributed by atoms with Gasteiger partial charge < -0.3 is 19.8 Å². The molecule has 170 valence electrons. The lowest BCUT2D eigenvalue weighted by molar-refractivity contribution is 0.0696. The molecule has 0 atom stereocenters. The summed E-state index contributed by atoms with van der Waals surface area (Å²) in [5.74, 6) is 0.221. The number of hydrogen-bond acceptors (Lipinski definition) is 6. The molecule has 3 aromatic carbocycles. The fourth-order valence-electron chi connectivity index (χ4n) is 4.98. The van der Waals surface area contributed by atoms with Gasteiger partial charge in [0.1, 0.15) is 5.52 Å². The van der Waals surface area contributed by atoms with Crippen LogP contribution in [0.3, 0.4) is 0 Å². The first-order valence-corrected chi connectivity index (χ1v) is 11.5. The van der Waals surface area contributed by atoms with E-state index in [4.69, 9.17) is 4.52 Å². The molecule has 4 aromatic rings. The highest BCUT2D eigenvalue weighted by Crippen LogP contribution is 2.46. The van der Waals surface area contributed by atoms with Crippen LogP contribution in [-0.2, 0) is 0 Å². The highest BCUT2D eigenvalue weighted by molar-refractivity contribution is 6.28. The van der Waals surface area contributed by atoms with Crippen LogP contribution in [0.5, 0.6) is 0 Å². The van der Waals surface area contributed by atoms with Crippen molar-refractivity contribution in [1.29, 1.82) is 0 Å². The SMILES string of the molecule is CC1CCN(c2cc(Nc3ccc(C(=O)O)cc3)c3c4c(onc24)-c2ccccc2C3=O)CC1. The Morgan fingerprint density at radius 2 is 1.79 bits per heavy atom. The third-order valence-electron chi connectivity index (χ3n) is 6.91. The Hall–Kier alpha value is -4.13. The van der Waals surface area contributed by atoms with Gasteiger partial charge in [-0.15, -0.1) is 0 Å². The van der Waals surface area contributed by atoms with Gasteiger partial charge in [-0.05, 0) is 49.1 Å². The monoisotopic (exact) mass is 453 g/mol. The number of carbonyl (C=O) groups is 2. The number of carboxylic acids is 1. The van der Waals surface area contributed by atoms with Gasteiger partial charge in [0.15, 0.2) is 11.5 Å². The van der Waals surface area contributed by atoms with Crippen LogP contribution in [0, 0.1) is 5.92 Å². The Labute approximate surface area is 196 Å². The predicted molar refractivity (Wildman–Crippen MR) is 130 cm³/mol. The number of fused-ring (bicyclic) bond motifs is 2. The zero-order valence-corrected chi connectivity index (χ0v) is 18.7. The molecule has 0 spiro atoms. The molecule has 2 heterocycles. The van der Waals surface area contributed by atoms with E-state index in [1.807, 2.05) is 24.3 Å². The predicted octanol–water partition coefficient (Wildman–Crippen LogP) is 5.72. The first kappa shape index (κ1) is 20.5. The summed E-state index contributed by atoms with van der Waals surface area (Å²) in [6.45, 7) is 4.09. The lowest BCUT2D eigenvalue weighted by Gasteiger charge is -2.33. The maximum absolute atomic E-state index is 13.7. The summed E-state index contributed by atoms with van der Waals surface area (Å²) < 4.78 is 5.85. The van der Waals surface area contributed by atoms with Gasteiger partial charge in [-0.3, -0.25) is 4.79 Å². The molecule has 1 aromatic heterocycles. The zero-order valence-electron chi connectivity index (χ0n) is 18.7. The average Bonchev–Trinajstić information content (AvgIpc) is 3.29. The Balaban J connectivity index is 1.54. The minimum absolute atomic E-state index is 0.0835. The van der Waals surface area contributed by atoms with E-state index in [2.05, 4.69) is 22.3 Å². The molecular formula is C27H23N3O4. The number of nitrogens with one attached hydrogen (secondary N) is 1. The van der Waals surface area contributed by atoms with Gasteiger partial charge in [0, 0.05) is 29.9 Å². The zero-order chi connectivity index (χ0) is 23.4. The van der Waals surface area contributed by atoms with Crippen LogP contribution in [0.2, 0.25) is 0 Å². The van der Waals surface area contributed by atoms with Gasteiger partial charge in [0.2, 0.25) is 0 Å². The summed E-state index contributed by atoms with van der Waals surface area (Å²) in [5, 5.41) is 17.8. The van der Waals surface area contributed by atoms with E-state index in [0.29, 0.717) is 39.7 Å². The number of carboxylic acid groups (broad SMARTS) is 1. The lowest BCUT2D eigenvalue weighted by atomic mass is 9.86. The van der Waals surface area contributed by atoms with Crippen LogP contribution in [0.1, 0.15) is 46.0 Å². The third-order valence-corrected chi connectivity index (χ3v) is 6.91. The van der Waals surface area contributed by atoms with Gasteiger partial charge in [0.25, 0.3) is 0 Å². The minimum Gasteiger partial charge on any atom is -0.478 e. The van der Waals surface area contributed by atoms with E-state index in [1.165, 1.54) is 0 Å². The van der Waals surface area contributed by atoms with Crippen LogP contribution in [0.25, 0.3) is 22.2 Å². The largest absolute Gasteiger partial charge is 0.478 e. The second-order valence-electron chi connectivity index (χ2n) is 9.11. The number of benzene rings is 3. The molecule has 1 saturated heterocycles. The molecule has 34 heavy (non-hydrogen) atoms. The smallest absolute Gasteiger partial charge is 0.335 e. The van der Waals surface area contributed by atoms with E-state index in [9.17, 15) is 14.7 Å². The molecule has 0 saturated carbocycles. The van der Waals surface area contributed by atoms with Crippen molar-refractivity contribution in [2.24, 2.45) is 5.92 Å². The minimum atomic E-state index is -0.981. The number of carbonyl (C=O) groups excluding carboxylic acids is 1. The van der Waals surface area contributed by atoms with Gasteiger partial charge in [0.05, 0.1) is 27.9 Å². The summed E-state index contributed by atoms with van der Waals surface area (Å²) in [6, 6.07) is 15.9. The van der Waals surface area contributed by atoms with E-state index in [1.54, 1.807) is 30.3 Å². The van der Waals surface area contributed by atoms with Crippen molar-refractivity contribution in [3.63, 3.8) is 0 Å². The summed E-state index contributed by atoms with van der Waals surface area (Å²) in [6.07, 6.45) is 2.18. The number of aromatic nitrogens is 1. The van der Waals surface area contributed by atoms with Crippen LogP contribution in [0.4, 0.5) is 17.1 Å². The van der Waals surface area contributed by atoms with E-state index in [0.717, 1.165) is 42.6 Å².